The molecule has 0 spiro atoms. The van der Waals surface area contributed by atoms with Crippen LogP contribution in [0, 0.1) is 17.3 Å². The van der Waals surface area contributed by atoms with E-state index in [2.05, 4.69) is 24.1 Å². The summed E-state index contributed by atoms with van der Waals surface area (Å²) in [6.07, 6.45) is 3.21. The van der Waals surface area contributed by atoms with Gasteiger partial charge in [0.25, 0.3) is 0 Å². The third-order valence-electron chi connectivity index (χ3n) is 4.89. The Morgan fingerprint density at radius 2 is 2.11 bits per heavy atom. The van der Waals surface area contributed by atoms with E-state index in [1.807, 2.05) is 0 Å². The van der Waals surface area contributed by atoms with Crippen molar-refractivity contribution in [1.29, 1.82) is 0 Å². The summed E-state index contributed by atoms with van der Waals surface area (Å²) in [7, 11) is 1.69. The van der Waals surface area contributed by atoms with Gasteiger partial charge in [-0.1, -0.05) is 13.8 Å². The summed E-state index contributed by atoms with van der Waals surface area (Å²) in [5.74, 6) is 1.82. The monoisotopic (exact) mass is 268 g/mol. The average Bonchev–Trinajstić information content (AvgIpc) is 2.88. The SMILES string of the molecule is COCC1(C(=O)N2CCC(C(C)C)CC2)CCNC1. The van der Waals surface area contributed by atoms with E-state index < -0.39 is 0 Å². The Kier molecular flexibility index (Phi) is 4.85. The number of methoxy groups -OCH3 is 1. The Morgan fingerprint density at radius 3 is 2.58 bits per heavy atom. The summed E-state index contributed by atoms with van der Waals surface area (Å²) in [4.78, 5) is 14.9. The minimum Gasteiger partial charge on any atom is -0.384 e. The van der Waals surface area contributed by atoms with Crippen LogP contribution in [0.3, 0.4) is 0 Å². The first-order valence-corrected chi connectivity index (χ1v) is 7.58. The lowest BCUT2D eigenvalue weighted by molar-refractivity contribution is -0.145. The zero-order valence-electron chi connectivity index (χ0n) is 12.6. The molecule has 2 saturated heterocycles. The summed E-state index contributed by atoms with van der Waals surface area (Å²) >= 11 is 0. The maximum atomic E-state index is 12.8. The van der Waals surface area contributed by atoms with E-state index in [-0.39, 0.29) is 5.41 Å². The molecule has 0 aromatic heterocycles. The molecular weight excluding hydrogens is 240 g/mol. The van der Waals surface area contributed by atoms with Gasteiger partial charge in [-0.3, -0.25) is 4.79 Å². The topological polar surface area (TPSA) is 41.6 Å². The smallest absolute Gasteiger partial charge is 0.232 e. The van der Waals surface area contributed by atoms with Gasteiger partial charge in [0.15, 0.2) is 0 Å². The van der Waals surface area contributed by atoms with Crippen LogP contribution in [-0.4, -0.2) is 50.7 Å². The predicted octanol–water partition coefficient (Wildman–Crippen LogP) is 1.51. The van der Waals surface area contributed by atoms with Crippen molar-refractivity contribution in [2.45, 2.75) is 33.1 Å². The number of carbonyl (C=O) groups is 1. The molecular formula is C15H28N2O2. The number of nitrogens with one attached hydrogen (secondary N) is 1. The molecule has 1 amide bonds. The maximum absolute atomic E-state index is 12.8. The number of ether oxygens (including phenoxy) is 1. The molecule has 19 heavy (non-hydrogen) atoms. The summed E-state index contributed by atoms with van der Waals surface area (Å²) < 4.78 is 5.31. The molecule has 2 aliphatic heterocycles. The van der Waals surface area contributed by atoms with E-state index in [4.69, 9.17) is 4.74 Å². The number of piperidine rings is 1. The molecule has 110 valence electrons. The standard InChI is InChI=1S/C15H28N2O2/c1-12(2)13-4-8-17(9-5-13)14(18)15(11-19-3)6-7-16-10-15/h12-13,16H,4-11H2,1-3H3. The number of likely N-dealkylation sites (tertiary alicyclic amines) is 1. The van der Waals surface area contributed by atoms with E-state index >= 15 is 0 Å². The van der Waals surface area contributed by atoms with Crippen LogP contribution in [0.2, 0.25) is 0 Å². The first kappa shape index (κ1) is 14.8. The quantitative estimate of drug-likeness (QED) is 0.840. The lowest BCUT2D eigenvalue weighted by Gasteiger charge is -2.38. The third-order valence-corrected chi connectivity index (χ3v) is 4.89. The van der Waals surface area contributed by atoms with Gasteiger partial charge in [-0.05, 0) is 37.6 Å². The zero-order chi connectivity index (χ0) is 13.9. The second kappa shape index (κ2) is 6.23. The fraction of sp³-hybridized carbons (Fsp3) is 0.933. The highest BCUT2D eigenvalue weighted by molar-refractivity contribution is 5.83. The van der Waals surface area contributed by atoms with Gasteiger partial charge in [0.2, 0.25) is 5.91 Å². The number of carbonyl (C=O) groups excluding carboxylic acids is 1. The molecule has 0 saturated carbocycles. The first-order chi connectivity index (χ1) is 9.09. The van der Waals surface area contributed by atoms with Gasteiger partial charge >= 0.3 is 0 Å². The van der Waals surface area contributed by atoms with Crippen molar-refractivity contribution in [3.05, 3.63) is 0 Å². The van der Waals surface area contributed by atoms with Gasteiger partial charge in [0.05, 0.1) is 12.0 Å². The van der Waals surface area contributed by atoms with Crippen LogP contribution in [0.5, 0.6) is 0 Å². The molecule has 4 heteroatoms. The molecule has 0 aliphatic carbocycles. The molecule has 0 radical (unpaired) electrons. The van der Waals surface area contributed by atoms with Gasteiger partial charge in [0, 0.05) is 26.7 Å². The summed E-state index contributed by atoms with van der Waals surface area (Å²) in [5, 5.41) is 3.32. The van der Waals surface area contributed by atoms with Crippen LogP contribution >= 0.6 is 0 Å². The molecule has 0 aromatic carbocycles. The molecule has 0 aromatic rings. The minimum atomic E-state index is -0.306. The van der Waals surface area contributed by atoms with Crippen LogP contribution in [-0.2, 0) is 9.53 Å². The van der Waals surface area contributed by atoms with Crippen molar-refractivity contribution >= 4 is 5.91 Å². The highest BCUT2D eigenvalue weighted by atomic mass is 16.5. The Balaban J connectivity index is 1.96. The fourth-order valence-corrected chi connectivity index (χ4v) is 3.49. The van der Waals surface area contributed by atoms with Crippen molar-refractivity contribution in [1.82, 2.24) is 10.2 Å². The van der Waals surface area contributed by atoms with Gasteiger partial charge in [-0.2, -0.15) is 0 Å². The lowest BCUT2D eigenvalue weighted by atomic mass is 9.83. The summed E-state index contributed by atoms with van der Waals surface area (Å²) in [5.41, 5.74) is -0.306. The Hall–Kier alpha value is -0.610. The summed E-state index contributed by atoms with van der Waals surface area (Å²) in [6.45, 7) is 8.66. The normalized spacial score (nSPS) is 29.2. The minimum absolute atomic E-state index is 0.306. The molecule has 1 unspecified atom stereocenters. The van der Waals surface area contributed by atoms with Crippen molar-refractivity contribution in [3.8, 4) is 0 Å². The highest BCUT2D eigenvalue weighted by Crippen LogP contribution is 2.32. The second-order valence-corrected chi connectivity index (χ2v) is 6.51. The van der Waals surface area contributed by atoms with Gasteiger partial charge in [-0.25, -0.2) is 0 Å². The molecule has 0 bridgehead atoms. The Labute approximate surface area is 116 Å². The van der Waals surface area contributed by atoms with Gasteiger partial charge in [0.1, 0.15) is 0 Å². The van der Waals surface area contributed by atoms with Crippen molar-refractivity contribution in [3.63, 3.8) is 0 Å². The molecule has 1 atom stereocenters. The van der Waals surface area contributed by atoms with Crippen molar-refractivity contribution in [2.24, 2.45) is 17.3 Å². The Morgan fingerprint density at radius 1 is 1.42 bits per heavy atom. The van der Waals surface area contributed by atoms with E-state index in [1.54, 1.807) is 7.11 Å². The molecule has 2 heterocycles. The second-order valence-electron chi connectivity index (χ2n) is 6.51. The molecule has 2 fully saturated rings. The lowest BCUT2D eigenvalue weighted by Crippen LogP contribution is -2.50. The number of nitrogens with zero attached hydrogens (tertiary/aromatic N) is 1. The van der Waals surface area contributed by atoms with E-state index in [0.717, 1.165) is 57.3 Å². The average molecular weight is 268 g/mol. The maximum Gasteiger partial charge on any atom is 0.232 e. The summed E-state index contributed by atoms with van der Waals surface area (Å²) in [6, 6.07) is 0. The van der Waals surface area contributed by atoms with Crippen LogP contribution in [0.15, 0.2) is 0 Å². The number of hydrogen-bond donors (Lipinski definition) is 1. The van der Waals surface area contributed by atoms with Crippen LogP contribution in [0.1, 0.15) is 33.1 Å². The third kappa shape index (κ3) is 3.11. The Bertz CT molecular complexity index is 303. The number of rotatable bonds is 4. The van der Waals surface area contributed by atoms with Crippen molar-refractivity contribution in [2.75, 3.05) is 39.9 Å². The highest BCUT2D eigenvalue weighted by Gasteiger charge is 2.44. The molecule has 2 rings (SSSR count). The van der Waals surface area contributed by atoms with E-state index in [9.17, 15) is 4.79 Å². The number of amides is 1. The zero-order valence-corrected chi connectivity index (χ0v) is 12.6. The number of hydrogen-bond acceptors (Lipinski definition) is 3. The first-order valence-electron chi connectivity index (χ1n) is 7.58. The van der Waals surface area contributed by atoms with Crippen LogP contribution < -0.4 is 5.32 Å². The van der Waals surface area contributed by atoms with Crippen LogP contribution in [0.4, 0.5) is 0 Å². The largest absolute Gasteiger partial charge is 0.384 e. The van der Waals surface area contributed by atoms with Crippen molar-refractivity contribution < 1.29 is 9.53 Å². The molecule has 1 N–H and O–H groups in total. The fourth-order valence-electron chi connectivity index (χ4n) is 3.49. The van der Waals surface area contributed by atoms with Gasteiger partial charge < -0.3 is 15.0 Å². The molecule has 4 nitrogen and oxygen atoms in total. The van der Waals surface area contributed by atoms with E-state index in [1.165, 1.54) is 0 Å². The predicted molar refractivity (Wildman–Crippen MR) is 75.9 cm³/mol. The molecule has 2 aliphatic rings. The van der Waals surface area contributed by atoms with Gasteiger partial charge in [-0.15, -0.1) is 0 Å². The van der Waals surface area contributed by atoms with Crippen LogP contribution in [0.25, 0.3) is 0 Å². The van der Waals surface area contributed by atoms with E-state index in [0.29, 0.717) is 12.5 Å².